The van der Waals surface area contributed by atoms with Crippen molar-refractivity contribution in [2.24, 2.45) is 0 Å². The lowest BCUT2D eigenvalue weighted by Crippen LogP contribution is -2.44. The van der Waals surface area contributed by atoms with E-state index in [1.54, 1.807) is 6.33 Å². The molecule has 1 aliphatic heterocycles. The highest BCUT2D eigenvalue weighted by molar-refractivity contribution is 5.80. The zero-order chi connectivity index (χ0) is 14.0. The second kappa shape index (κ2) is 5.33. The molecule has 0 aromatic carbocycles. The number of nitrogens with zero attached hydrogens (tertiary/aromatic N) is 2. The van der Waals surface area contributed by atoms with Crippen molar-refractivity contribution in [2.45, 2.75) is 51.6 Å². The molecule has 5 heteroatoms. The number of aromatic nitrogens is 2. The summed E-state index contributed by atoms with van der Waals surface area (Å²) in [5.74, 6) is 0.505. The van der Waals surface area contributed by atoms with E-state index in [1.165, 1.54) is 0 Å². The van der Waals surface area contributed by atoms with Crippen LogP contribution < -0.4 is 10.6 Å². The zero-order valence-electron chi connectivity index (χ0n) is 12.2. The zero-order valence-corrected chi connectivity index (χ0v) is 12.2. The molecule has 2 N–H and O–H groups in total. The predicted octanol–water partition coefficient (Wildman–Crippen LogP) is 1.44. The van der Waals surface area contributed by atoms with Crippen LogP contribution in [0.25, 0.3) is 0 Å². The molecule has 0 saturated carbocycles. The molecule has 1 fully saturated rings. The molecule has 5 nitrogen and oxygen atoms in total. The largest absolute Gasteiger partial charge is 0.350 e. The molecule has 2 atom stereocenters. The monoisotopic (exact) mass is 264 g/mol. The Morgan fingerprint density at radius 2 is 2.32 bits per heavy atom. The van der Waals surface area contributed by atoms with Crippen LogP contribution in [0.3, 0.4) is 0 Å². The van der Waals surface area contributed by atoms with Gasteiger partial charge >= 0.3 is 0 Å². The van der Waals surface area contributed by atoms with Crippen molar-refractivity contribution >= 4 is 5.91 Å². The van der Waals surface area contributed by atoms with E-state index in [2.05, 4.69) is 15.6 Å². The molecule has 1 aromatic rings. The molecule has 0 radical (unpaired) electrons. The summed E-state index contributed by atoms with van der Waals surface area (Å²) in [6.45, 7) is 9.92. The van der Waals surface area contributed by atoms with E-state index < -0.39 is 0 Å². The first kappa shape index (κ1) is 14.1. The molecule has 2 heterocycles. The third-order valence-electron chi connectivity index (χ3n) is 3.47. The standard InChI is InChI=1S/C14H24N4O/c1-10(13(19)17-14(2,3)4)18-9-16-8-12(18)11-5-6-15-7-11/h8-11,15H,5-7H2,1-4H3,(H,17,19). The van der Waals surface area contributed by atoms with Crippen LogP contribution in [0.1, 0.15) is 51.8 Å². The van der Waals surface area contributed by atoms with Gasteiger partial charge < -0.3 is 15.2 Å². The van der Waals surface area contributed by atoms with E-state index in [0.29, 0.717) is 5.92 Å². The normalized spacial score (nSPS) is 21.4. The van der Waals surface area contributed by atoms with Crippen LogP contribution >= 0.6 is 0 Å². The lowest BCUT2D eigenvalue weighted by molar-refractivity contribution is -0.125. The van der Waals surface area contributed by atoms with Crippen molar-refractivity contribution in [1.29, 1.82) is 0 Å². The van der Waals surface area contributed by atoms with E-state index in [0.717, 1.165) is 25.2 Å². The maximum absolute atomic E-state index is 12.2. The van der Waals surface area contributed by atoms with Crippen molar-refractivity contribution < 1.29 is 4.79 Å². The van der Waals surface area contributed by atoms with E-state index in [9.17, 15) is 4.79 Å². The van der Waals surface area contributed by atoms with Crippen LogP contribution in [0.4, 0.5) is 0 Å². The number of hydrogen-bond acceptors (Lipinski definition) is 3. The molecule has 2 unspecified atom stereocenters. The molecule has 2 rings (SSSR count). The minimum atomic E-state index is -0.225. The Hall–Kier alpha value is -1.36. The number of imidazole rings is 1. The summed E-state index contributed by atoms with van der Waals surface area (Å²) in [6, 6.07) is -0.225. The smallest absolute Gasteiger partial charge is 0.243 e. The SMILES string of the molecule is CC(C(=O)NC(C)(C)C)n1cncc1C1CCNC1. The molecule has 0 spiro atoms. The number of carbonyl (C=O) groups excluding carboxylic acids is 1. The maximum atomic E-state index is 12.2. The fourth-order valence-corrected chi connectivity index (χ4v) is 2.46. The van der Waals surface area contributed by atoms with Gasteiger partial charge in [0, 0.05) is 29.9 Å². The lowest BCUT2D eigenvalue weighted by Gasteiger charge is -2.25. The second-order valence-electron chi connectivity index (χ2n) is 6.33. The first-order valence-electron chi connectivity index (χ1n) is 6.93. The van der Waals surface area contributed by atoms with Crippen LogP contribution in [0.2, 0.25) is 0 Å². The Kier molecular flexibility index (Phi) is 3.94. The first-order valence-corrected chi connectivity index (χ1v) is 6.93. The Morgan fingerprint density at radius 3 is 2.89 bits per heavy atom. The molecule has 1 aromatic heterocycles. The van der Waals surface area contributed by atoms with Gasteiger partial charge in [-0.05, 0) is 40.7 Å². The van der Waals surface area contributed by atoms with Gasteiger partial charge in [-0.1, -0.05) is 0 Å². The van der Waals surface area contributed by atoms with Crippen molar-refractivity contribution in [1.82, 2.24) is 20.2 Å². The van der Waals surface area contributed by atoms with Crippen molar-refractivity contribution in [3.63, 3.8) is 0 Å². The molecular formula is C14H24N4O. The Morgan fingerprint density at radius 1 is 1.58 bits per heavy atom. The summed E-state index contributed by atoms with van der Waals surface area (Å²) in [6.07, 6.45) is 4.76. The van der Waals surface area contributed by atoms with Crippen molar-refractivity contribution in [2.75, 3.05) is 13.1 Å². The summed E-state index contributed by atoms with van der Waals surface area (Å²) in [4.78, 5) is 16.5. The van der Waals surface area contributed by atoms with Crippen molar-refractivity contribution in [3.05, 3.63) is 18.2 Å². The van der Waals surface area contributed by atoms with Crippen LogP contribution in [0, 0.1) is 0 Å². The average molecular weight is 264 g/mol. The topological polar surface area (TPSA) is 59.0 Å². The Bertz CT molecular complexity index is 441. The van der Waals surface area contributed by atoms with Gasteiger partial charge in [0.1, 0.15) is 6.04 Å². The molecule has 1 aliphatic rings. The van der Waals surface area contributed by atoms with Gasteiger partial charge in [-0.25, -0.2) is 4.98 Å². The number of hydrogen-bond donors (Lipinski definition) is 2. The molecule has 106 valence electrons. The van der Waals surface area contributed by atoms with E-state index >= 15 is 0 Å². The minimum absolute atomic E-state index is 0.0395. The van der Waals surface area contributed by atoms with E-state index in [4.69, 9.17) is 0 Å². The summed E-state index contributed by atoms with van der Waals surface area (Å²) in [7, 11) is 0. The highest BCUT2D eigenvalue weighted by Crippen LogP contribution is 2.24. The molecular weight excluding hydrogens is 240 g/mol. The predicted molar refractivity (Wildman–Crippen MR) is 75.1 cm³/mol. The molecule has 19 heavy (non-hydrogen) atoms. The van der Waals surface area contributed by atoms with Crippen LogP contribution in [-0.2, 0) is 4.79 Å². The number of rotatable bonds is 3. The third-order valence-corrected chi connectivity index (χ3v) is 3.47. The quantitative estimate of drug-likeness (QED) is 0.868. The average Bonchev–Trinajstić information content (AvgIpc) is 2.96. The molecule has 0 aliphatic carbocycles. The number of amides is 1. The highest BCUT2D eigenvalue weighted by Gasteiger charge is 2.26. The van der Waals surface area contributed by atoms with Gasteiger partial charge in [0.15, 0.2) is 0 Å². The van der Waals surface area contributed by atoms with Gasteiger partial charge in [-0.3, -0.25) is 4.79 Å². The lowest BCUT2D eigenvalue weighted by atomic mass is 10.0. The third kappa shape index (κ3) is 3.35. The summed E-state index contributed by atoms with van der Waals surface area (Å²) < 4.78 is 2.00. The minimum Gasteiger partial charge on any atom is -0.350 e. The fourth-order valence-electron chi connectivity index (χ4n) is 2.46. The van der Waals surface area contributed by atoms with Crippen LogP contribution in [0.15, 0.2) is 12.5 Å². The molecule has 1 saturated heterocycles. The number of nitrogens with one attached hydrogen (secondary N) is 2. The highest BCUT2D eigenvalue weighted by atomic mass is 16.2. The maximum Gasteiger partial charge on any atom is 0.243 e. The van der Waals surface area contributed by atoms with Gasteiger partial charge in [0.05, 0.1) is 6.33 Å². The second-order valence-corrected chi connectivity index (χ2v) is 6.33. The van der Waals surface area contributed by atoms with Crippen LogP contribution in [0.5, 0.6) is 0 Å². The van der Waals surface area contributed by atoms with Gasteiger partial charge in [-0.2, -0.15) is 0 Å². The van der Waals surface area contributed by atoms with E-state index in [1.807, 2.05) is 38.5 Å². The molecule has 1 amide bonds. The Balaban J connectivity index is 2.13. The van der Waals surface area contributed by atoms with Gasteiger partial charge in [0.25, 0.3) is 0 Å². The summed E-state index contributed by atoms with van der Waals surface area (Å²) in [5.41, 5.74) is 0.947. The van der Waals surface area contributed by atoms with E-state index in [-0.39, 0.29) is 17.5 Å². The van der Waals surface area contributed by atoms with Crippen LogP contribution in [-0.4, -0.2) is 34.1 Å². The molecule has 0 bridgehead atoms. The fraction of sp³-hybridized carbons (Fsp3) is 0.714. The Labute approximate surface area is 114 Å². The summed E-state index contributed by atoms with van der Waals surface area (Å²) >= 11 is 0. The number of carbonyl (C=O) groups is 1. The van der Waals surface area contributed by atoms with Gasteiger partial charge in [-0.15, -0.1) is 0 Å². The summed E-state index contributed by atoms with van der Waals surface area (Å²) in [5, 5.41) is 6.37. The van der Waals surface area contributed by atoms with Gasteiger partial charge in [0.2, 0.25) is 5.91 Å². The first-order chi connectivity index (χ1) is 8.88. The van der Waals surface area contributed by atoms with Crippen molar-refractivity contribution in [3.8, 4) is 0 Å².